The topological polar surface area (TPSA) is 41.5 Å². The van der Waals surface area contributed by atoms with Gasteiger partial charge in [-0.25, -0.2) is 0 Å². The highest BCUT2D eigenvalue weighted by Gasteiger charge is 2.15. The second-order valence-corrected chi connectivity index (χ2v) is 4.95. The molecule has 0 fully saturated rings. The quantitative estimate of drug-likeness (QED) is 0.782. The zero-order chi connectivity index (χ0) is 13.5. The third kappa shape index (κ3) is 5.07. The van der Waals surface area contributed by atoms with Gasteiger partial charge in [0, 0.05) is 12.6 Å². The van der Waals surface area contributed by atoms with E-state index in [0.717, 1.165) is 12.2 Å². The molecule has 1 aromatic carbocycles. The van der Waals surface area contributed by atoms with Gasteiger partial charge in [-0.15, -0.1) is 0 Å². The van der Waals surface area contributed by atoms with E-state index < -0.39 is 6.10 Å². The lowest BCUT2D eigenvalue weighted by Gasteiger charge is -2.22. The van der Waals surface area contributed by atoms with Crippen LogP contribution in [0.15, 0.2) is 24.3 Å². The van der Waals surface area contributed by atoms with Crippen molar-refractivity contribution in [3.8, 4) is 5.75 Å². The number of benzene rings is 1. The molecule has 0 saturated heterocycles. The van der Waals surface area contributed by atoms with E-state index in [1.54, 1.807) is 0 Å². The summed E-state index contributed by atoms with van der Waals surface area (Å²) in [7, 11) is 0. The minimum atomic E-state index is -0.502. The largest absolute Gasteiger partial charge is 0.488 e. The Morgan fingerprint density at radius 2 is 1.78 bits per heavy atom. The molecule has 1 aromatic rings. The van der Waals surface area contributed by atoms with E-state index in [1.165, 1.54) is 5.56 Å². The van der Waals surface area contributed by atoms with Gasteiger partial charge >= 0.3 is 0 Å². The minimum absolute atomic E-state index is 0.219. The van der Waals surface area contributed by atoms with Crippen LogP contribution in [0.25, 0.3) is 0 Å². The lowest BCUT2D eigenvalue weighted by molar-refractivity contribution is 0.0464. The van der Waals surface area contributed by atoms with E-state index in [1.807, 2.05) is 19.1 Å². The van der Waals surface area contributed by atoms with Crippen LogP contribution in [0.3, 0.4) is 0 Å². The predicted molar refractivity (Wildman–Crippen MR) is 75.1 cm³/mol. The van der Waals surface area contributed by atoms with Gasteiger partial charge in [0.1, 0.15) is 18.0 Å². The summed E-state index contributed by atoms with van der Waals surface area (Å²) < 4.78 is 5.72. The van der Waals surface area contributed by atoms with Crippen LogP contribution in [0.2, 0.25) is 0 Å². The van der Waals surface area contributed by atoms with Crippen molar-refractivity contribution in [1.82, 2.24) is 5.32 Å². The molecule has 3 nitrogen and oxygen atoms in total. The molecule has 2 atom stereocenters. The Bertz CT molecular complexity index is 335. The van der Waals surface area contributed by atoms with Crippen molar-refractivity contribution >= 4 is 0 Å². The van der Waals surface area contributed by atoms with Crippen LogP contribution >= 0.6 is 0 Å². The van der Waals surface area contributed by atoms with Gasteiger partial charge in [-0.05, 0) is 31.0 Å². The first-order chi connectivity index (χ1) is 8.52. The third-order valence-electron chi connectivity index (χ3n) is 2.93. The van der Waals surface area contributed by atoms with Crippen molar-refractivity contribution in [2.45, 2.75) is 52.4 Å². The molecule has 18 heavy (non-hydrogen) atoms. The van der Waals surface area contributed by atoms with Gasteiger partial charge in [-0.1, -0.05) is 32.9 Å². The number of nitrogens with one attached hydrogen (secondary N) is 1. The summed E-state index contributed by atoms with van der Waals surface area (Å²) in [5.74, 6) is 0.809. The molecular weight excluding hydrogens is 226 g/mol. The van der Waals surface area contributed by atoms with Crippen LogP contribution in [0.5, 0.6) is 5.75 Å². The third-order valence-corrected chi connectivity index (χ3v) is 2.93. The van der Waals surface area contributed by atoms with Crippen molar-refractivity contribution in [3.05, 3.63) is 29.8 Å². The lowest BCUT2D eigenvalue weighted by Crippen LogP contribution is -2.40. The fourth-order valence-electron chi connectivity index (χ4n) is 1.62. The normalized spacial score (nSPS) is 14.6. The number of ether oxygens (including phenoxy) is 1. The fraction of sp³-hybridized carbons (Fsp3) is 0.600. The second kappa shape index (κ2) is 7.39. The van der Waals surface area contributed by atoms with Crippen LogP contribution in [0.1, 0.15) is 33.3 Å². The number of hydrogen-bond acceptors (Lipinski definition) is 3. The standard InChI is InChI=1S/C15H25NO2/c1-5-13-6-8-14(9-7-13)18-12(4)15(17)10-16-11(2)3/h6-9,11-12,15-17H,5,10H2,1-4H3. The van der Waals surface area contributed by atoms with E-state index in [2.05, 4.69) is 38.2 Å². The summed E-state index contributed by atoms with van der Waals surface area (Å²) in [5.41, 5.74) is 1.29. The van der Waals surface area contributed by atoms with Crippen LogP contribution in [-0.4, -0.2) is 29.9 Å². The average Bonchev–Trinajstić information content (AvgIpc) is 2.36. The molecule has 0 heterocycles. The number of aliphatic hydroxyl groups excluding tert-OH is 1. The van der Waals surface area contributed by atoms with Crippen molar-refractivity contribution in [2.24, 2.45) is 0 Å². The van der Waals surface area contributed by atoms with Crippen molar-refractivity contribution < 1.29 is 9.84 Å². The molecule has 0 saturated carbocycles. The smallest absolute Gasteiger partial charge is 0.123 e. The van der Waals surface area contributed by atoms with E-state index in [9.17, 15) is 5.11 Å². The number of aryl methyl sites for hydroxylation is 1. The monoisotopic (exact) mass is 251 g/mol. The van der Waals surface area contributed by atoms with E-state index in [4.69, 9.17) is 4.74 Å². The molecule has 0 aromatic heterocycles. The highest BCUT2D eigenvalue weighted by molar-refractivity contribution is 5.27. The summed E-state index contributed by atoms with van der Waals surface area (Å²) in [5, 5.41) is 13.1. The van der Waals surface area contributed by atoms with Crippen LogP contribution in [-0.2, 0) is 6.42 Å². The Morgan fingerprint density at radius 1 is 1.17 bits per heavy atom. The Kier molecular flexibility index (Phi) is 6.16. The molecule has 0 aliphatic rings. The van der Waals surface area contributed by atoms with Gasteiger partial charge in [0.25, 0.3) is 0 Å². The summed E-state index contributed by atoms with van der Waals surface area (Å²) in [6.07, 6.45) is 0.304. The molecule has 0 radical (unpaired) electrons. The maximum absolute atomic E-state index is 9.94. The molecule has 0 aliphatic heterocycles. The second-order valence-electron chi connectivity index (χ2n) is 4.95. The summed E-state index contributed by atoms with van der Waals surface area (Å²) in [6, 6.07) is 8.40. The Labute approximate surface area is 110 Å². The van der Waals surface area contributed by atoms with Crippen molar-refractivity contribution in [3.63, 3.8) is 0 Å². The Hall–Kier alpha value is -1.06. The van der Waals surface area contributed by atoms with Gasteiger partial charge < -0.3 is 15.2 Å². The maximum Gasteiger partial charge on any atom is 0.123 e. The van der Waals surface area contributed by atoms with Gasteiger partial charge in [-0.2, -0.15) is 0 Å². The minimum Gasteiger partial charge on any atom is -0.488 e. The predicted octanol–water partition coefficient (Wildman–Crippen LogP) is 2.38. The SMILES string of the molecule is CCc1ccc(OC(C)C(O)CNC(C)C)cc1. The first-order valence-corrected chi connectivity index (χ1v) is 6.70. The first kappa shape index (κ1) is 15.0. The molecule has 0 spiro atoms. The van der Waals surface area contributed by atoms with Crippen molar-refractivity contribution in [1.29, 1.82) is 0 Å². The van der Waals surface area contributed by atoms with Gasteiger partial charge in [-0.3, -0.25) is 0 Å². The first-order valence-electron chi connectivity index (χ1n) is 6.70. The molecule has 0 amide bonds. The molecule has 0 aliphatic carbocycles. The molecule has 0 bridgehead atoms. The highest BCUT2D eigenvalue weighted by Crippen LogP contribution is 2.15. The Balaban J connectivity index is 2.44. The van der Waals surface area contributed by atoms with Crippen LogP contribution in [0.4, 0.5) is 0 Å². The maximum atomic E-state index is 9.94. The van der Waals surface area contributed by atoms with Gasteiger partial charge in [0.2, 0.25) is 0 Å². The number of hydrogen-bond donors (Lipinski definition) is 2. The van der Waals surface area contributed by atoms with Gasteiger partial charge in [0.15, 0.2) is 0 Å². The Morgan fingerprint density at radius 3 is 2.28 bits per heavy atom. The summed E-state index contributed by atoms with van der Waals surface area (Å²) in [6.45, 7) is 8.68. The van der Waals surface area contributed by atoms with E-state index >= 15 is 0 Å². The lowest BCUT2D eigenvalue weighted by atomic mass is 10.1. The average molecular weight is 251 g/mol. The van der Waals surface area contributed by atoms with Crippen LogP contribution in [0, 0.1) is 0 Å². The summed E-state index contributed by atoms with van der Waals surface area (Å²) >= 11 is 0. The molecule has 2 N–H and O–H groups in total. The molecule has 2 unspecified atom stereocenters. The zero-order valence-electron chi connectivity index (χ0n) is 11.8. The highest BCUT2D eigenvalue weighted by atomic mass is 16.5. The molecule has 1 rings (SSSR count). The van der Waals surface area contributed by atoms with Crippen molar-refractivity contribution in [2.75, 3.05) is 6.54 Å². The van der Waals surface area contributed by atoms with Gasteiger partial charge in [0.05, 0.1) is 0 Å². The molecular formula is C15H25NO2. The van der Waals surface area contributed by atoms with E-state index in [-0.39, 0.29) is 6.10 Å². The number of aliphatic hydroxyl groups is 1. The molecule has 102 valence electrons. The zero-order valence-corrected chi connectivity index (χ0v) is 11.8. The molecule has 3 heteroatoms. The van der Waals surface area contributed by atoms with Crippen LogP contribution < -0.4 is 10.1 Å². The fourth-order valence-corrected chi connectivity index (χ4v) is 1.62. The summed E-state index contributed by atoms with van der Waals surface area (Å²) in [4.78, 5) is 0. The van der Waals surface area contributed by atoms with E-state index in [0.29, 0.717) is 12.6 Å². The number of rotatable bonds is 7.